The molecule has 5 nitrogen and oxygen atoms in total. The Kier molecular flexibility index (Phi) is 7.04. The summed E-state index contributed by atoms with van der Waals surface area (Å²) in [6.07, 6.45) is 2.99. The van der Waals surface area contributed by atoms with Crippen LogP contribution in [0.5, 0.6) is 5.88 Å². The van der Waals surface area contributed by atoms with Crippen LogP contribution in [-0.4, -0.2) is 30.6 Å². The van der Waals surface area contributed by atoms with Crippen LogP contribution in [-0.2, 0) is 6.54 Å². The monoisotopic (exact) mass is 390 g/mol. The molecular formula is C14H23IN4O. The van der Waals surface area contributed by atoms with E-state index in [1.54, 1.807) is 13.2 Å². The van der Waals surface area contributed by atoms with Gasteiger partial charge in [-0.05, 0) is 30.9 Å². The SMILES string of the molecule is CCOc1cc(CNC(=NC)NC2CC2C)ccn1.I. The van der Waals surface area contributed by atoms with Crippen molar-refractivity contribution in [2.75, 3.05) is 13.7 Å². The van der Waals surface area contributed by atoms with E-state index in [2.05, 4.69) is 27.5 Å². The van der Waals surface area contributed by atoms with E-state index in [1.807, 2.05) is 19.1 Å². The van der Waals surface area contributed by atoms with Gasteiger partial charge in [-0.3, -0.25) is 4.99 Å². The quantitative estimate of drug-likeness (QED) is 0.460. The molecule has 0 aliphatic heterocycles. The van der Waals surface area contributed by atoms with Crippen molar-refractivity contribution in [2.45, 2.75) is 32.9 Å². The van der Waals surface area contributed by atoms with Crippen molar-refractivity contribution < 1.29 is 4.74 Å². The molecule has 0 bridgehead atoms. The number of rotatable bonds is 5. The van der Waals surface area contributed by atoms with Crippen molar-refractivity contribution in [2.24, 2.45) is 10.9 Å². The van der Waals surface area contributed by atoms with Crippen molar-refractivity contribution >= 4 is 29.9 Å². The van der Waals surface area contributed by atoms with E-state index in [-0.39, 0.29) is 24.0 Å². The Bertz CT molecular complexity index is 453. The maximum absolute atomic E-state index is 5.38. The molecule has 20 heavy (non-hydrogen) atoms. The second-order valence-electron chi connectivity index (χ2n) is 4.82. The molecule has 1 fully saturated rings. The van der Waals surface area contributed by atoms with E-state index in [0.717, 1.165) is 17.4 Å². The van der Waals surface area contributed by atoms with E-state index in [9.17, 15) is 0 Å². The number of aromatic nitrogens is 1. The first-order chi connectivity index (χ1) is 9.22. The fourth-order valence-corrected chi connectivity index (χ4v) is 1.87. The largest absolute Gasteiger partial charge is 0.478 e. The molecule has 2 atom stereocenters. The van der Waals surface area contributed by atoms with Crippen LogP contribution in [0, 0.1) is 5.92 Å². The smallest absolute Gasteiger partial charge is 0.213 e. The maximum atomic E-state index is 5.38. The zero-order valence-corrected chi connectivity index (χ0v) is 14.5. The summed E-state index contributed by atoms with van der Waals surface area (Å²) in [4.78, 5) is 8.37. The summed E-state index contributed by atoms with van der Waals surface area (Å²) in [6, 6.07) is 4.49. The average Bonchev–Trinajstić information content (AvgIpc) is 3.11. The van der Waals surface area contributed by atoms with E-state index >= 15 is 0 Å². The molecule has 1 aliphatic rings. The summed E-state index contributed by atoms with van der Waals surface area (Å²) in [6.45, 7) is 5.54. The molecule has 2 unspecified atom stereocenters. The van der Waals surface area contributed by atoms with Crippen LogP contribution in [0.3, 0.4) is 0 Å². The minimum Gasteiger partial charge on any atom is -0.478 e. The molecule has 0 amide bonds. The predicted octanol–water partition coefficient (Wildman–Crippen LogP) is 2.17. The van der Waals surface area contributed by atoms with Gasteiger partial charge in [0.25, 0.3) is 0 Å². The number of ether oxygens (including phenoxy) is 1. The van der Waals surface area contributed by atoms with Gasteiger partial charge in [0.15, 0.2) is 5.96 Å². The number of aliphatic imine (C=N–C) groups is 1. The van der Waals surface area contributed by atoms with Gasteiger partial charge in [0.2, 0.25) is 5.88 Å². The highest BCUT2D eigenvalue weighted by atomic mass is 127. The molecule has 0 spiro atoms. The zero-order chi connectivity index (χ0) is 13.7. The van der Waals surface area contributed by atoms with Crippen LogP contribution in [0.1, 0.15) is 25.8 Å². The molecule has 6 heteroatoms. The van der Waals surface area contributed by atoms with Crippen molar-refractivity contribution in [3.8, 4) is 5.88 Å². The molecule has 1 saturated carbocycles. The molecular weight excluding hydrogens is 367 g/mol. The van der Waals surface area contributed by atoms with Gasteiger partial charge in [-0.25, -0.2) is 4.98 Å². The highest BCUT2D eigenvalue weighted by Gasteiger charge is 2.33. The number of nitrogens with one attached hydrogen (secondary N) is 2. The topological polar surface area (TPSA) is 58.5 Å². The van der Waals surface area contributed by atoms with Crippen LogP contribution in [0.2, 0.25) is 0 Å². The van der Waals surface area contributed by atoms with E-state index in [1.165, 1.54) is 6.42 Å². The number of pyridine rings is 1. The zero-order valence-electron chi connectivity index (χ0n) is 12.2. The normalized spacial score (nSPS) is 20.9. The molecule has 1 aliphatic carbocycles. The van der Waals surface area contributed by atoms with Gasteiger partial charge in [-0.2, -0.15) is 0 Å². The number of guanidine groups is 1. The van der Waals surface area contributed by atoms with Crippen molar-refractivity contribution in [3.05, 3.63) is 23.9 Å². The first-order valence-corrected chi connectivity index (χ1v) is 6.77. The standard InChI is InChI=1S/C14H22N4O.HI/c1-4-19-13-8-11(5-6-16-13)9-17-14(15-3)18-12-7-10(12)2;/h5-6,8,10,12H,4,7,9H2,1-3H3,(H2,15,17,18);1H. The number of nitrogens with zero attached hydrogens (tertiary/aromatic N) is 2. The minimum atomic E-state index is 0. The van der Waals surface area contributed by atoms with E-state index < -0.39 is 0 Å². The highest BCUT2D eigenvalue weighted by Crippen LogP contribution is 2.28. The Morgan fingerprint density at radius 3 is 2.90 bits per heavy atom. The van der Waals surface area contributed by atoms with E-state index in [4.69, 9.17) is 4.74 Å². The second-order valence-corrected chi connectivity index (χ2v) is 4.82. The van der Waals surface area contributed by atoms with Crippen molar-refractivity contribution in [3.63, 3.8) is 0 Å². The first kappa shape index (κ1) is 17.0. The minimum absolute atomic E-state index is 0. The Labute approximate surface area is 137 Å². The lowest BCUT2D eigenvalue weighted by Crippen LogP contribution is -2.38. The van der Waals surface area contributed by atoms with Crippen LogP contribution in [0.15, 0.2) is 23.3 Å². The van der Waals surface area contributed by atoms with Gasteiger partial charge in [-0.1, -0.05) is 6.92 Å². The lowest BCUT2D eigenvalue weighted by Gasteiger charge is -2.12. The third kappa shape index (κ3) is 5.15. The Hall–Kier alpha value is -1.05. The molecule has 0 radical (unpaired) electrons. The molecule has 112 valence electrons. The van der Waals surface area contributed by atoms with Crippen LogP contribution in [0.25, 0.3) is 0 Å². The summed E-state index contributed by atoms with van der Waals surface area (Å²) in [5, 5.41) is 6.69. The molecule has 0 aromatic carbocycles. The first-order valence-electron chi connectivity index (χ1n) is 6.77. The molecule has 1 heterocycles. The second kappa shape index (κ2) is 8.28. The number of hydrogen-bond donors (Lipinski definition) is 2. The fraction of sp³-hybridized carbons (Fsp3) is 0.571. The molecule has 2 N–H and O–H groups in total. The summed E-state index contributed by atoms with van der Waals surface area (Å²) in [7, 11) is 1.79. The Morgan fingerprint density at radius 2 is 2.30 bits per heavy atom. The highest BCUT2D eigenvalue weighted by molar-refractivity contribution is 14.0. The van der Waals surface area contributed by atoms with Crippen LogP contribution < -0.4 is 15.4 Å². The summed E-state index contributed by atoms with van der Waals surface area (Å²) < 4.78 is 5.38. The summed E-state index contributed by atoms with van der Waals surface area (Å²) in [5.74, 6) is 2.27. The van der Waals surface area contributed by atoms with E-state index in [0.29, 0.717) is 25.1 Å². The molecule has 1 aromatic rings. The lowest BCUT2D eigenvalue weighted by molar-refractivity contribution is 0.326. The van der Waals surface area contributed by atoms with Gasteiger partial charge in [0, 0.05) is 31.9 Å². The number of halogens is 1. The number of hydrogen-bond acceptors (Lipinski definition) is 3. The van der Waals surface area contributed by atoms with Crippen molar-refractivity contribution in [1.82, 2.24) is 15.6 Å². The molecule has 0 saturated heterocycles. The average molecular weight is 390 g/mol. The van der Waals surface area contributed by atoms with Gasteiger partial charge in [0.05, 0.1) is 6.61 Å². The van der Waals surface area contributed by atoms with Crippen LogP contribution >= 0.6 is 24.0 Å². The summed E-state index contributed by atoms with van der Waals surface area (Å²) >= 11 is 0. The lowest BCUT2D eigenvalue weighted by atomic mass is 10.2. The van der Waals surface area contributed by atoms with Gasteiger partial charge >= 0.3 is 0 Å². The third-order valence-electron chi connectivity index (χ3n) is 3.21. The summed E-state index contributed by atoms with van der Waals surface area (Å²) in [5.41, 5.74) is 1.13. The van der Waals surface area contributed by atoms with Crippen LogP contribution in [0.4, 0.5) is 0 Å². The molecule has 1 aromatic heterocycles. The Balaban J connectivity index is 0.00000200. The van der Waals surface area contributed by atoms with Crippen molar-refractivity contribution in [1.29, 1.82) is 0 Å². The van der Waals surface area contributed by atoms with Gasteiger partial charge in [0.1, 0.15) is 0 Å². The Morgan fingerprint density at radius 1 is 1.55 bits per heavy atom. The predicted molar refractivity (Wildman–Crippen MR) is 91.7 cm³/mol. The van der Waals surface area contributed by atoms with Gasteiger partial charge in [-0.15, -0.1) is 24.0 Å². The fourth-order valence-electron chi connectivity index (χ4n) is 1.87. The van der Waals surface area contributed by atoms with Gasteiger partial charge < -0.3 is 15.4 Å². The maximum Gasteiger partial charge on any atom is 0.213 e. The third-order valence-corrected chi connectivity index (χ3v) is 3.21. The molecule has 2 rings (SSSR count).